The number of hydrogen-bond donors (Lipinski definition) is 1. The van der Waals surface area contributed by atoms with Crippen molar-refractivity contribution < 1.29 is 14.3 Å². The van der Waals surface area contributed by atoms with Crippen LogP contribution in [0.25, 0.3) is 0 Å². The summed E-state index contributed by atoms with van der Waals surface area (Å²) >= 11 is 0. The molecular weight excluding hydrogens is 230 g/mol. The Morgan fingerprint density at radius 2 is 2.06 bits per heavy atom. The first-order valence-electron chi connectivity index (χ1n) is 6.55. The second-order valence-corrected chi connectivity index (χ2v) is 5.62. The molecule has 4 nitrogen and oxygen atoms in total. The fourth-order valence-electron chi connectivity index (χ4n) is 1.82. The predicted octanol–water partition coefficient (Wildman–Crippen LogP) is 2.33. The molecule has 0 aromatic heterocycles. The Morgan fingerprint density at radius 1 is 1.33 bits per heavy atom. The van der Waals surface area contributed by atoms with Gasteiger partial charge in [0.15, 0.2) is 0 Å². The molecule has 1 N–H and O–H groups in total. The lowest BCUT2D eigenvalue weighted by Crippen LogP contribution is -2.34. The van der Waals surface area contributed by atoms with E-state index in [0.29, 0.717) is 0 Å². The van der Waals surface area contributed by atoms with Crippen LogP contribution in [0.5, 0.6) is 0 Å². The van der Waals surface area contributed by atoms with E-state index in [0.717, 1.165) is 19.3 Å². The van der Waals surface area contributed by atoms with Gasteiger partial charge >= 0.3 is 5.97 Å². The first-order valence-corrected chi connectivity index (χ1v) is 6.55. The van der Waals surface area contributed by atoms with Gasteiger partial charge in [-0.15, -0.1) is 0 Å². The lowest BCUT2D eigenvalue weighted by Gasteiger charge is -2.20. The zero-order chi connectivity index (χ0) is 13.6. The Kier molecular flexibility index (Phi) is 5.38. The average molecular weight is 253 g/mol. The van der Waals surface area contributed by atoms with Crippen molar-refractivity contribution in [1.82, 2.24) is 5.32 Å². The summed E-state index contributed by atoms with van der Waals surface area (Å²) in [5.74, 6) is -0.408. The van der Waals surface area contributed by atoms with Crippen LogP contribution in [0, 0.1) is 0 Å². The van der Waals surface area contributed by atoms with E-state index in [1.165, 1.54) is 0 Å². The van der Waals surface area contributed by atoms with E-state index in [1.54, 1.807) is 0 Å². The maximum atomic E-state index is 11.6. The molecule has 0 saturated heterocycles. The van der Waals surface area contributed by atoms with Crippen LogP contribution in [-0.4, -0.2) is 23.5 Å². The molecule has 1 amide bonds. The van der Waals surface area contributed by atoms with Crippen LogP contribution < -0.4 is 5.32 Å². The summed E-state index contributed by atoms with van der Waals surface area (Å²) in [7, 11) is 0. The molecule has 1 rings (SSSR count). The SMILES string of the molecule is CC(C)(C)OC(=O)CCC(=O)N[C@H]1C=CCCC1. The molecule has 0 fully saturated rings. The second-order valence-electron chi connectivity index (χ2n) is 5.62. The standard InChI is InChI=1S/C14H23NO3/c1-14(2,3)18-13(17)10-9-12(16)15-11-7-5-4-6-8-11/h5,7,11H,4,6,8-10H2,1-3H3,(H,15,16)/t11-/m0/s1. The van der Waals surface area contributed by atoms with E-state index < -0.39 is 5.60 Å². The molecule has 1 aliphatic carbocycles. The summed E-state index contributed by atoms with van der Waals surface area (Å²) in [4.78, 5) is 23.1. The number of carbonyl (C=O) groups excluding carboxylic acids is 2. The van der Waals surface area contributed by atoms with Gasteiger partial charge in [0, 0.05) is 12.5 Å². The van der Waals surface area contributed by atoms with Crippen LogP contribution in [0.3, 0.4) is 0 Å². The highest BCUT2D eigenvalue weighted by molar-refractivity contribution is 5.81. The highest BCUT2D eigenvalue weighted by Gasteiger charge is 2.18. The zero-order valence-electron chi connectivity index (χ0n) is 11.5. The lowest BCUT2D eigenvalue weighted by molar-refractivity contribution is -0.155. The summed E-state index contributed by atoms with van der Waals surface area (Å²) in [5, 5.41) is 2.90. The van der Waals surface area contributed by atoms with E-state index in [2.05, 4.69) is 11.4 Å². The number of ether oxygens (including phenoxy) is 1. The van der Waals surface area contributed by atoms with Crippen LogP contribution in [0.15, 0.2) is 12.2 Å². The molecule has 0 aromatic carbocycles. The molecule has 4 heteroatoms. The minimum Gasteiger partial charge on any atom is -0.460 e. The Morgan fingerprint density at radius 3 is 2.61 bits per heavy atom. The molecule has 0 radical (unpaired) electrons. The van der Waals surface area contributed by atoms with Gasteiger partial charge in [-0.3, -0.25) is 9.59 Å². The Hall–Kier alpha value is -1.32. The average Bonchev–Trinajstić information content (AvgIpc) is 2.25. The molecule has 1 aliphatic rings. The normalized spacial score (nSPS) is 19.4. The summed E-state index contributed by atoms with van der Waals surface area (Å²) in [6.07, 6.45) is 7.61. The first-order chi connectivity index (χ1) is 8.37. The summed E-state index contributed by atoms with van der Waals surface area (Å²) < 4.78 is 5.15. The molecule has 1 atom stereocenters. The molecule has 0 heterocycles. The van der Waals surface area contributed by atoms with E-state index in [4.69, 9.17) is 4.74 Å². The van der Waals surface area contributed by atoms with Crippen molar-refractivity contribution in [2.24, 2.45) is 0 Å². The monoisotopic (exact) mass is 253 g/mol. The molecule has 0 saturated carbocycles. The van der Waals surface area contributed by atoms with Gasteiger partial charge in [0.05, 0.1) is 6.42 Å². The van der Waals surface area contributed by atoms with Crippen molar-refractivity contribution in [2.75, 3.05) is 0 Å². The highest BCUT2D eigenvalue weighted by Crippen LogP contribution is 2.11. The minimum absolute atomic E-state index is 0.0857. The smallest absolute Gasteiger partial charge is 0.306 e. The third kappa shape index (κ3) is 6.42. The van der Waals surface area contributed by atoms with Crippen LogP contribution in [0.4, 0.5) is 0 Å². The van der Waals surface area contributed by atoms with Crippen molar-refractivity contribution in [3.05, 3.63) is 12.2 Å². The Balaban J connectivity index is 2.22. The number of esters is 1. The van der Waals surface area contributed by atoms with Crippen molar-refractivity contribution in [3.63, 3.8) is 0 Å². The van der Waals surface area contributed by atoms with E-state index in [-0.39, 0.29) is 30.8 Å². The van der Waals surface area contributed by atoms with Crippen LogP contribution in [0.2, 0.25) is 0 Å². The minimum atomic E-state index is -0.486. The number of nitrogens with one attached hydrogen (secondary N) is 1. The molecule has 0 spiro atoms. The number of allylic oxidation sites excluding steroid dienone is 1. The van der Waals surface area contributed by atoms with Crippen molar-refractivity contribution in [2.45, 2.75) is 64.5 Å². The quantitative estimate of drug-likeness (QED) is 0.618. The summed E-state index contributed by atoms with van der Waals surface area (Å²) in [6, 6.07) is 0.130. The molecule has 102 valence electrons. The van der Waals surface area contributed by atoms with Crippen molar-refractivity contribution in [3.8, 4) is 0 Å². The molecule has 18 heavy (non-hydrogen) atoms. The Bertz CT molecular complexity index is 328. The van der Waals surface area contributed by atoms with Crippen molar-refractivity contribution >= 4 is 11.9 Å². The molecular formula is C14H23NO3. The largest absolute Gasteiger partial charge is 0.460 e. The Labute approximate surface area is 109 Å². The molecule has 0 aromatic rings. The van der Waals surface area contributed by atoms with Crippen LogP contribution in [-0.2, 0) is 14.3 Å². The van der Waals surface area contributed by atoms with Crippen molar-refractivity contribution in [1.29, 1.82) is 0 Å². The number of hydrogen-bond acceptors (Lipinski definition) is 3. The molecule has 0 unspecified atom stereocenters. The highest BCUT2D eigenvalue weighted by atomic mass is 16.6. The summed E-state index contributed by atoms with van der Waals surface area (Å²) in [6.45, 7) is 5.45. The number of rotatable bonds is 4. The van der Waals surface area contributed by atoms with E-state index in [9.17, 15) is 9.59 Å². The van der Waals surface area contributed by atoms with Crippen LogP contribution >= 0.6 is 0 Å². The van der Waals surface area contributed by atoms with Gasteiger partial charge in [-0.1, -0.05) is 12.2 Å². The maximum Gasteiger partial charge on any atom is 0.306 e. The summed E-state index contributed by atoms with van der Waals surface area (Å²) in [5.41, 5.74) is -0.486. The third-order valence-corrected chi connectivity index (χ3v) is 2.58. The fraction of sp³-hybridized carbons (Fsp3) is 0.714. The second kappa shape index (κ2) is 6.57. The van der Waals surface area contributed by atoms with Gasteiger partial charge in [-0.2, -0.15) is 0 Å². The van der Waals surface area contributed by atoms with Crippen LogP contribution in [0.1, 0.15) is 52.9 Å². The van der Waals surface area contributed by atoms with Gasteiger partial charge in [0.25, 0.3) is 0 Å². The predicted molar refractivity (Wildman–Crippen MR) is 70.0 cm³/mol. The fourth-order valence-corrected chi connectivity index (χ4v) is 1.82. The van der Waals surface area contributed by atoms with Gasteiger partial charge in [-0.05, 0) is 40.0 Å². The number of amides is 1. The maximum absolute atomic E-state index is 11.6. The number of carbonyl (C=O) groups is 2. The van der Waals surface area contributed by atoms with Gasteiger partial charge < -0.3 is 10.1 Å². The topological polar surface area (TPSA) is 55.4 Å². The lowest BCUT2D eigenvalue weighted by atomic mass is 10.0. The zero-order valence-corrected chi connectivity index (χ0v) is 11.5. The van der Waals surface area contributed by atoms with E-state index >= 15 is 0 Å². The van der Waals surface area contributed by atoms with Gasteiger partial charge in [-0.25, -0.2) is 0 Å². The van der Waals surface area contributed by atoms with Gasteiger partial charge in [0.2, 0.25) is 5.91 Å². The van der Waals surface area contributed by atoms with Gasteiger partial charge in [0.1, 0.15) is 5.60 Å². The van der Waals surface area contributed by atoms with E-state index in [1.807, 2.05) is 26.8 Å². The molecule has 0 aliphatic heterocycles. The molecule has 0 bridgehead atoms. The third-order valence-electron chi connectivity index (χ3n) is 2.58. The first kappa shape index (κ1) is 14.7.